The summed E-state index contributed by atoms with van der Waals surface area (Å²) < 4.78 is 24.8. The molecule has 218 valence electrons. The van der Waals surface area contributed by atoms with Gasteiger partial charge in [-0.05, 0) is 51.1 Å². The van der Waals surface area contributed by atoms with E-state index in [-0.39, 0.29) is 18.9 Å². The molecule has 1 atom stereocenters. The standard InChI is InChI=1S/C29H43N5O5Si/c1-29(2,3)39-28(35)33-13-12-30-24(18-33)25-17-21-16-23(22-10-8-9-11-26(22)38-20-36-4)31-32-27(21)34(25)19-37-14-15-40(5,6)7/h8-11,16-17,24,30H,12-15,18-20H2,1-7H3. The van der Waals surface area contributed by atoms with Gasteiger partial charge in [0.2, 0.25) is 0 Å². The highest BCUT2D eigenvalue weighted by molar-refractivity contribution is 6.76. The number of nitrogens with zero attached hydrogens (tertiary/aromatic N) is 4. The Morgan fingerprint density at radius 1 is 1.15 bits per heavy atom. The van der Waals surface area contributed by atoms with Crippen LogP contribution in [0.5, 0.6) is 5.75 Å². The van der Waals surface area contributed by atoms with E-state index in [1.807, 2.05) is 51.1 Å². The van der Waals surface area contributed by atoms with Crippen LogP contribution in [0.2, 0.25) is 25.7 Å². The largest absolute Gasteiger partial charge is 0.467 e. The Kier molecular flexibility index (Phi) is 9.50. The molecule has 1 unspecified atom stereocenters. The number of piperazine rings is 1. The van der Waals surface area contributed by atoms with Crippen LogP contribution in [0.15, 0.2) is 36.4 Å². The number of amides is 1. The van der Waals surface area contributed by atoms with Crippen LogP contribution in [-0.4, -0.2) is 79.6 Å². The summed E-state index contributed by atoms with van der Waals surface area (Å²) in [6.45, 7) is 15.6. The summed E-state index contributed by atoms with van der Waals surface area (Å²) in [5.74, 6) is 0.675. The van der Waals surface area contributed by atoms with Crippen LogP contribution in [-0.2, 0) is 20.9 Å². The van der Waals surface area contributed by atoms with Gasteiger partial charge in [0.25, 0.3) is 0 Å². The first-order valence-corrected chi connectivity index (χ1v) is 17.5. The summed E-state index contributed by atoms with van der Waals surface area (Å²) in [5, 5.41) is 13.7. The van der Waals surface area contributed by atoms with Gasteiger partial charge in [-0.1, -0.05) is 31.8 Å². The van der Waals surface area contributed by atoms with E-state index in [9.17, 15) is 4.79 Å². The van der Waals surface area contributed by atoms with Gasteiger partial charge in [0.05, 0.1) is 11.7 Å². The fourth-order valence-electron chi connectivity index (χ4n) is 4.53. The van der Waals surface area contributed by atoms with Gasteiger partial charge < -0.3 is 33.7 Å². The number of methoxy groups -OCH3 is 1. The Balaban J connectivity index is 1.66. The summed E-state index contributed by atoms with van der Waals surface area (Å²) in [6.07, 6.45) is -0.303. The van der Waals surface area contributed by atoms with Gasteiger partial charge in [0, 0.05) is 58.1 Å². The summed E-state index contributed by atoms with van der Waals surface area (Å²) in [4.78, 5) is 14.6. The predicted octanol–water partition coefficient (Wildman–Crippen LogP) is 5.27. The van der Waals surface area contributed by atoms with Crippen molar-refractivity contribution in [2.45, 2.75) is 64.8 Å². The zero-order valence-corrected chi connectivity index (χ0v) is 25.8. The average molecular weight is 570 g/mol. The third-order valence-corrected chi connectivity index (χ3v) is 8.27. The van der Waals surface area contributed by atoms with Gasteiger partial charge in [-0.3, -0.25) is 0 Å². The molecule has 2 aromatic heterocycles. The Labute approximate surface area is 238 Å². The number of fused-ring (bicyclic) bond motifs is 1. The van der Waals surface area contributed by atoms with E-state index in [4.69, 9.17) is 18.9 Å². The number of benzene rings is 1. The summed E-state index contributed by atoms with van der Waals surface area (Å²) in [6, 6.07) is 12.8. The fraction of sp³-hybridized carbons (Fsp3) is 0.552. The number of ether oxygens (including phenoxy) is 4. The molecular weight excluding hydrogens is 526 g/mol. The predicted molar refractivity (Wildman–Crippen MR) is 158 cm³/mol. The number of rotatable bonds is 10. The average Bonchev–Trinajstić information content (AvgIpc) is 3.26. The van der Waals surface area contributed by atoms with Crippen LogP contribution < -0.4 is 10.1 Å². The molecule has 0 saturated carbocycles. The lowest BCUT2D eigenvalue weighted by Crippen LogP contribution is -2.50. The quantitative estimate of drug-likeness (QED) is 0.200. The highest BCUT2D eigenvalue weighted by Gasteiger charge is 2.30. The maximum atomic E-state index is 12.9. The summed E-state index contributed by atoms with van der Waals surface area (Å²) in [7, 11) is 0.357. The Morgan fingerprint density at radius 2 is 1.93 bits per heavy atom. The normalized spacial score (nSPS) is 16.4. The van der Waals surface area contributed by atoms with Crippen LogP contribution in [0.25, 0.3) is 22.3 Å². The third kappa shape index (κ3) is 7.81. The maximum absolute atomic E-state index is 12.9. The van der Waals surface area contributed by atoms with E-state index in [0.717, 1.165) is 28.3 Å². The molecule has 0 radical (unpaired) electrons. The molecular formula is C29H43N5O5Si. The van der Waals surface area contributed by atoms with Crippen molar-refractivity contribution >= 4 is 25.2 Å². The van der Waals surface area contributed by atoms with Gasteiger partial charge in [0.1, 0.15) is 18.1 Å². The zero-order valence-electron chi connectivity index (χ0n) is 24.8. The van der Waals surface area contributed by atoms with Gasteiger partial charge in [-0.15, -0.1) is 10.2 Å². The molecule has 10 nitrogen and oxygen atoms in total. The second kappa shape index (κ2) is 12.7. The molecule has 1 aliphatic rings. The van der Waals surface area contributed by atoms with E-state index in [0.29, 0.717) is 44.4 Å². The smallest absolute Gasteiger partial charge is 0.410 e. The fourth-order valence-corrected chi connectivity index (χ4v) is 5.29. The van der Waals surface area contributed by atoms with Crippen molar-refractivity contribution in [3.63, 3.8) is 0 Å². The molecule has 1 aliphatic heterocycles. The lowest BCUT2D eigenvalue weighted by atomic mass is 10.1. The van der Waals surface area contributed by atoms with Gasteiger partial charge in [-0.25, -0.2) is 4.79 Å². The summed E-state index contributed by atoms with van der Waals surface area (Å²) >= 11 is 0. The van der Waals surface area contributed by atoms with Crippen molar-refractivity contribution in [1.29, 1.82) is 0 Å². The van der Waals surface area contributed by atoms with Crippen molar-refractivity contribution in [2.75, 3.05) is 40.1 Å². The third-order valence-electron chi connectivity index (χ3n) is 6.57. The number of hydrogen-bond donors (Lipinski definition) is 1. The molecule has 4 rings (SSSR count). The minimum atomic E-state index is -1.23. The van der Waals surface area contributed by atoms with E-state index in [2.05, 4.69) is 45.8 Å². The zero-order chi connectivity index (χ0) is 28.9. The minimum absolute atomic E-state index is 0.114. The molecule has 1 saturated heterocycles. The van der Waals surface area contributed by atoms with Crippen molar-refractivity contribution in [3.05, 3.63) is 42.1 Å². The van der Waals surface area contributed by atoms with Gasteiger partial charge in [-0.2, -0.15) is 0 Å². The molecule has 0 aliphatic carbocycles. The van der Waals surface area contributed by atoms with Crippen LogP contribution in [0.1, 0.15) is 32.5 Å². The number of carbonyl (C=O) groups excluding carboxylic acids is 1. The Hall–Kier alpha value is -2.99. The number of carbonyl (C=O) groups is 1. The topological polar surface area (TPSA) is 100.0 Å². The Morgan fingerprint density at radius 3 is 2.65 bits per heavy atom. The van der Waals surface area contributed by atoms with Gasteiger partial charge in [0.15, 0.2) is 12.4 Å². The van der Waals surface area contributed by atoms with E-state index in [1.54, 1.807) is 12.0 Å². The lowest BCUT2D eigenvalue weighted by molar-refractivity contribution is 0.0189. The molecule has 0 bridgehead atoms. The molecule has 1 N–H and O–H groups in total. The molecule has 1 amide bonds. The highest BCUT2D eigenvalue weighted by atomic mass is 28.3. The maximum Gasteiger partial charge on any atom is 0.410 e. The molecule has 3 heterocycles. The first-order valence-electron chi connectivity index (χ1n) is 13.8. The van der Waals surface area contributed by atoms with Crippen molar-refractivity contribution in [3.8, 4) is 17.0 Å². The van der Waals surface area contributed by atoms with Crippen LogP contribution in [0.3, 0.4) is 0 Å². The number of aromatic nitrogens is 3. The van der Waals surface area contributed by atoms with E-state index in [1.165, 1.54) is 0 Å². The molecule has 1 aromatic carbocycles. The van der Waals surface area contributed by atoms with E-state index >= 15 is 0 Å². The van der Waals surface area contributed by atoms with Crippen LogP contribution in [0.4, 0.5) is 4.79 Å². The molecule has 40 heavy (non-hydrogen) atoms. The van der Waals surface area contributed by atoms with Crippen LogP contribution >= 0.6 is 0 Å². The van der Waals surface area contributed by atoms with Crippen LogP contribution in [0, 0.1) is 0 Å². The van der Waals surface area contributed by atoms with E-state index < -0.39 is 13.7 Å². The van der Waals surface area contributed by atoms with Gasteiger partial charge >= 0.3 is 6.09 Å². The Bertz CT molecular complexity index is 1300. The highest BCUT2D eigenvalue weighted by Crippen LogP contribution is 2.32. The minimum Gasteiger partial charge on any atom is -0.467 e. The SMILES string of the molecule is COCOc1ccccc1-c1cc2cc(C3CN(C(=O)OC(C)(C)C)CCN3)n(COCC[Si](C)(C)C)c2nn1. The molecule has 1 fully saturated rings. The molecule has 0 spiro atoms. The van der Waals surface area contributed by atoms with Crippen molar-refractivity contribution in [2.24, 2.45) is 0 Å². The number of hydrogen-bond acceptors (Lipinski definition) is 8. The number of para-hydroxylation sites is 1. The molecule has 3 aromatic rings. The van der Waals surface area contributed by atoms with Crippen molar-refractivity contribution in [1.82, 2.24) is 25.0 Å². The first kappa shape index (κ1) is 30.0. The first-order chi connectivity index (χ1) is 18.9. The van der Waals surface area contributed by atoms with Crippen molar-refractivity contribution < 1.29 is 23.7 Å². The summed E-state index contributed by atoms with van der Waals surface area (Å²) in [5.41, 5.74) is 2.71. The second-order valence-corrected chi connectivity index (χ2v) is 18.0. The lowest BCUT2D eigenvalue weighted by Gasteiger charge is -2.35. The molecule has 11 heteroatoms. The number of nitrogens with one attached hydrogen (secondary N) is 1. The monoisotopic (exact) mass is 569 g/mol. The second-order valence-electron chi connectivity index (χ2n) is 12.3.